The molecule has 0 N–H and O–H groups in total. The molecule has 0 saturated carbocycles. The van der Waals surface area contributed by atoms with Crippen molar-refractivity contribution in [1.29, 1.82) is 5.26 Å². The molecular formula is C22H17NO. The molecule has 3 rings (SSSR count). The third kappa shape index (κ3) is 3.06. The smallest absolute Gasteiger partial charge is 0.128 e. The Bertz CT molecular complexity index is 891. The van der Waals surface area contributed by atoms with Crippen molar-refractivity contribution in [3.8, 4) is 34.1 Å². The van der Waals surface area contributed by atoms with Gasteiger partial charge in [-0.2, -0.15) is 5.26 Å². The van der Waals surface area contributed by atoms with Crippen LogP contribution in [0.2, 0.25) is 0 Å². The zero-order chi connectivity index (χ0) is 16.8. The number of hydrogen-bond acceptors (Lipinski definition) is 2. The maximum atomic E-state index is 9.57. The van der Waals surface area contributed by atoms with Gasteiger partial charge >= 0.3 is 0 Å². The van der Waals surface area contributed by atoms with Gasteiger partial charge in [-0.1, -0.05) is 73.3 Å². The van der Waals surface area contributed by atoms with E-state index in [0.29, 0.717) is 17.9 Å². The molecular weight excluding hydrogens is 294 g/mol. The van der Waals surface area contributed by atoms with Crippen LogP contribution in [0.1, 0.15) is 5.56 Å². The van der Waals surface area contributed by atoms with E-state index in [-0.39, 0.29) is 0 Å². The van der Waals surface area contributed by atoms with Crippen molar-refractivity contribution in [3.63, 3.8) is 0 Å². The molecule has 24 heavy (non-hydrogen) atoms. The van der Waals surface area contributed by atoms with Gasteiger partial charge < -0.3 is 4.74 Å². The minimum Gasteiger partial charge on any atom is -0.489 e. The molecule has 0 heterocycles. The van der Waals surface area contributed by atoms with E-state index in [1.807, 2.05) is 54.6 Å². The molecule has 0 aliphatic carbocycles. The van der Waals surface area contributed by atoms with Crippen molar-refractivity contribution in [3.05, 3.63) is 91.0 Å². The highest BCUT2D eigenvalue weighted by molar-refractivity contribution is 5.88. The molecule has 2 nitrogen and oxygen atoms in total. The summed E-state index contributed by atoms with van der Waals surface area (Å²) in [6.45, 7) is 4.09. The van der Waals surface area contributed by atoms with E-state index in [0.717, 1.165) is 22.3 Å². The van der Waals surface area contributed by atoms with E-state index < -0.39 is 0 Å². The van der Waals surface area contributed by atoms with Crippen LogP contribution in [0.25, 0.3) is 22.3 Å². The van der Waals surface area contributed by atoms with E-state index in [1.54, 1.807) is 6.08 Å². The van der Waals surface area contributed by atoms with Gasteiger partial charge in [0.1, 0.15) is 12.4 Å². The van der Waals surface area contributed by atoms with Crippen molar-refractivity contribution >= 4 is 0 Å². The molecule has 0 saturated heterocycles. The second-order valence-electron chi connectivity index (χ2n) is 5.30. The summed E-state index contributed by atoms with van der Waals surface area (Å²) in [4.78, 5) is 0. The normalized spacial score (nSPS) is 9.96. The summed E-state index contributed by atoms with van der Waals surface area (Å²) in [7, 11) is 0. The summed E-state index contributed by atoms with van der Waals surface area (Å²) in [5.74, 6) is 0.692. The number of hydrogen-bond donors (Lipinski definition) is 0. The van der Waals surface area contributed by atoms with Crippen molar-refractivity contribution in [1.82, 2.24) is 0 Å². The van der Waals surface area contributed by atoms with Crippen LogP contribution >= 0.6 is 0 Å². The molecule has 0 bridgehead atoms. The minimum absolute atomic E-state index is 0.398. The van der Waals surface area contributed by atoms with Crippen molar-refractivity contribution in [2.75, 3.05) is 6.61 Å². The van der Waals surface area contributed by atoms with Crippen LogP contribution in [-0.4, -0.2) is 6.61 Å². The van der Waals surface area contributed by atoms with Gasteiger partial charge in [-0.05, 0) is 28.8 Å². The summed E-state index contributed by atoms with van der Waals surface area (Å²) in [5, 5.41) is 9.57. The SMILES string of the molecule is C=CCOc1cccc(C#N)c1-c1ccccc1-c1ccccc1. The predicted octanol–water partition coefficient (Wildman–Crippen LogP) is 5.46. The quantitative estimate of drug-likeness (QED) is 0.586. The highest BCUT2D eigenvalue weighted by Crippen LogP contribution is 2.39. The van der Waals surface area contributed by atoms with E-state index in [1.165, 1.54) is 0 Å². The van der Waals surface area contributed by atoms with Gasteiger partial charge in [0.25, 0.3) is 0 Å². The fourth-order valence-electron chi connectivity index (χ4n) is 2.74. The van der Waals surface area contributed by atoms with Gasteiger partial charge in [0, 0.05) is 5.56 Å². The Kier molecular flexibility index (Phi) is 4.74. The monoisotopic (exact) mass is 311 g/mol. The molecule has 0 spiro atoms. The molecule has 0 aromatic heterocycles. The van der Waals surface area contributed by atoms with Crippen molar-refractivity contribution < 1.29 is 4.74 Å². The van der Waals surface area contributed by atoms with Crippen LogP contribution in [0.3, 0.4) is 0 Å². The minimum atomic E-state index is 0.398. The maximum Gasteiger partial charge on any atom is 0.128 e. The van der Waals surface area contributed by atoms with Crippen LogP contribution < -0.4 is 4.74 Å². The molecule has 3 aromatic carbocycles. The highest BCUT2D eigenvalue weighted by atomic mass is 16.5. The lowest BCUT2D eigenvalue weighted by Gasteiger charge is -2.15. The first-order valence-corrected chi connectivity index (χ1v) is 7.76. The number of ether oxygens (including phenoxy) is 1. The Hall–Kier alpha value is -3.31. The Morgan fingerprint density at radius 1 is 0.875 bits per heavy atom. The van der Waals surface area contributed by atoms with Crippen molar-refractivity contribution in [2.45, 2.75) is 0 Å². The van der Waals surface area contributed by atoms with E-state index in [4.69, 9.17) is 4.74 Å². The third-order valence-corrected chi connectivity index (χ3v) is 3.78. The maximum absolute atomic E-state index is 9.57. The molecule has 2 heteroatoms. The summed E-state index contributed by atoms with van der Waals surface area (Å²) in [6, 6.07) is 26.1. The first-order valence-electron chi connectivity index (χ1n) is 7.76. The van der Waals surface area contributed by atoms with Gasteiger partial charge in [-0.25, -0.2) is 0 Å². The molecule has 116 valence electrons. The standard InChI is InChI=1S/C22H17NO/c1-2-15-24-21-14-8-11-18(16-23)22(21)20-13-7-6-12-19(20)17-9-4-3-5-10-17/h2-14H,1,15H2. The largest absolute Gasteiger partial charge is 0.489 e. The summed E-state index contributed by atoms with van der Waals surface area (Å²) >= 11 is 0. The fourth-order valence-corrected chi connectivity index (χ4v) is 2.74. The Morgan fingerprint density at radius 2 is 1.58 bits per heavy atom. The van der Waals surface area contributed by atoms with Crippen LogP contribution in [0.5, 0.6) is 5.75 Å². The summed E-state index contributed by atoms with van der Waals surface area (Å²) in [5.41, 5.74) is 4.58. The van der Waals surface area contributed by atoms with Gasteiger partial charge in [0.05, 0.1) is 11.6 Å². The van der Waals surface area contributed by atoms with Gasteiger partial charge in [0.2, 0.25) is 0 Å². The molecule has 0 unspecified atom stereocenters. The van der Waals surface area contributed by atoms with Crippen LogP contribution in [0, 0.1) is 11.3 Å². The second kappa shape index (κ2) is 7.30. The van der Waals surface area contributed by atoms with E-state index in [9.17, 15) is 5.26 Å². The van der Waals surface area contributed by atoms with Crippen LogP contribution in [0.4, 0.5) is 0 Å². The zero-order valence-corrected chi connectivity index (χ0v) is 13.3. The molecule has 0 aliphatic rings. The van der Waals surface area contributed by atoms with Gasteiger partial charge in [-0.3, -0.25) is 0 Å². The molecule has 0 amide bonds. The average Bonchev–Trinajstić information content (AvgIpc) is 2.66. The Balaban J connectivity index is 2.24. The van der Waals surface area contributed by atoms with Crippen LogP contribution in [0.15, 0.2) is 85.5 Å². The first kappa shape index (κ1) is 15.6. The second-order valence-corrected chi connectivity index (χ2v) is 5.30. The molecule has 0 radical (unpaired) electrons. The van der Waals surface area contributed by atoms with E-state index in [2.05, 4.69) is 30.8 Å². The lowest BCUT2D eigenvalue weighted by molar-refractivity contribution is 0.364. The highest BCUT2D eigenvalue weighted by Gasteiger charge is 2.15. The Morgan fingerprint density at radius 3 is 2.29 bits per heavy atom. The molecule has 0 aliphatic heterocycles. The van der Waals surface area contributed by atoms with Gasteiger partial charge in [-0.15, -0.1) is 0 Å². The van der Waals surface area contributed by atoms with Crippen LogP contribution in [-0.2, 0) is 0 Å². The predicted molar refractivity (Wildman–Crippen MR) is 97.7 cm³/mol. The molecule has 0 fully saturated rings. The number of nitriles is 1. The van der Waals surface area contributed by atoms with E-state index >= 15 is 0 Å². The molecule has 0 atom stereocenters. The van der Waals surface area contributed by atoms with Gasteiger partial charge in [0.15, 0.2) is 0 Å². The van der Waals surface area contributed by atoms with Crippen molar-refractivity contribution in [2.24, 2.45) is 0 Å². The average molecular weight is 311 g/mol. The number of nitrogens with zero attached hydrogens (tertiary/aromatic N) is 1. The summed E-state index contributed by atoms with van der Waals surface area (Å²) < 4.78 is 5.80. The summed E-state index contributed by atoms with van der Waals surface area (Å²) in [6.07, 6.45) is 1.70. The first-order chi connectivity index (χ1) is 11.8. The topological polar surface area (TPSA) is 33.0 Å². The lowest BCUT2D eigenvalue weighted by Crippen LogP contribution is -1.98. The molecule has 3 aromatic rings. The Labute approximate surface area is 142 Å². The number of rotatable bonds is 5. The third-order valence-electron chi connectivity index (χ3n) is 3.78. The number of benzene rings is 3. The zero-order valence-electron chi connectivity index (χ0n) is 13.3. The lowest BCUT2D eigenvalue weighted by atomic mass is 9.91. The fraction of sp³-hybridized carbons (Fsp3) is 0.0455.